The van der Waals surface area contributed by atoms with Gasteiger partial charge in [-0.25, -0.2) is 0 Å². The third-order valence-corrected chi connectivity index (χ3v) is 0. The molecule has 0 saturated carbocycles. The van der Waals surface area contributed by atoms with Gasteiger partial charge in [-0.05, 0) is 0 Å². The molecule has 0 aromatic carbocycles. The first-order valence-electron chi connectivity index (χ1n) is 0.204. The summed E-state index contributed by atoms with van der Waals surface area (Å²) in [6, 6.07) is 0. The van der Waals surface area contributed by atoms with Crippen LogP contribution in [-0.4, -0.2) is 77.1 Å². The van der Waals surface area contributed by atoms with Gasteiger partial charge in [0.25, 0.3) is 0 Å². The van der Waals surface area contributed by atoms with Gasteiger partial charge in [0.15, 0.2) is 0 Å². The molecular formula is H7Bi3O. The fourth-order valence-corrected chi connectivity index (χ4v) is 0. The normalized spacial score (nSPS) is 1.00. The molecule has 0 amide bonds. The molecule has 0 saturated heterocycles. The molecule has 4 heavy (non-hydrogen) atoms. The Hall–Kier alpha value is 2.45. The van der Waals surface area contributed by atoms with Crippen molar-refractivity contribution in [1.29, 1.82) is 0 Å². The van der Waals surface area contributed by atoms with E-state index in [1.165, 1.54) is 0 Å². The molecule has 0 atom stereocenters. The van der Waals surface area contributed by atoms with Crippen molar-refractivity contribution in [3.63, 3.8) is 0 Å². The van der Waals surface area contributed by atoms with E-state index in [2.05, 4.69) is 0 Å². The second-order valence-electron chi connectivity index (χ2n) is 0. The minimum atomic E-state index is 0. The van der Waals surface area contributed by atoms with E-state index in [4.69, 9.17) is 2.81 Å². The first-order valence-corrected chi connectivity index (χ1v) is 1.79. The monoisotopic (exact) mass is 650 g/mol. The third kappa shape index (κ3) is 8.82. The molecule has 0 aromatic heterocycles. The third-order valence-electron chi connectivity index (χ3n) is 0. The van der Waals surface area contributed by atoms with E-state index in [0.29, 0.717) is 0 Å². The van der Waals surface area contributed by atoms with Crippen molar-refractivity contribution in [2.75, 3.05) is 0 Å². The van der Waals surface area contributed by atoms with Crippen molar-refractivity contribution in [3.8, 4) is 0 Å². The van der Waals surface area contributed by atoms with Crippen LogP contribution in [0.3, 0.4) is 0 Å². The summed E-state index contributed by atoms with van der Waals surface area (Å²) in [5, 5.41) is 0. The van der Waals surface area contributed by atoms with Crippen LogP contribution in [-0.2, 0) is 2.81 Å². The van der Waals surface area contributed by atoms with Crippen LogP contribution in [0.5, 0.6) is 0 Å². The Morgan fingerprint density at radius 3 is 1.00 bits per heavy atom. The second kappa shape index (κ2) is 18.0. The molecule has 28 valence electrons. The Morgan fingerprint density at radius 1 is 1.00 bits per heavy atom. The van der Waals surface area contributed by atoms with Crippen LogP contribution in [0.1, 0.15) is 0 Å². The SMILES string of the molecule is [BiH3].[BiH3].[O]=[BiH]. The molecule has 0 unspecified atom stereocenters. The Balaban J connectivity index is -0.00000000500. The van der Waals surface area contributed by atoms with Crippen molar-refractivity contribution in [1.82, 2.24) is 0 Å². The van der Waals surface area contributed by atoms with E-state index < -0.39 is 0 Å². The van der Waals surface area contributed by atoms with E-state index in [1.54, 1.807) is 0 Å². The molecule has 0 bridgehead atoms. The van der Waals surface area contributed by atoms with Crippen LogP contribution in [0.4, 0.5) is 0 Å². The Morgan fingerprint density at radius 2 is 1.00 bits per heavy atom. The van der Waals surface area contributed by atoms with Crippen molar-refractivity contribution in [2.45, 2.75) is 0 Å². The summed E-state index contributed by atoms with van der Waals surface area (Å²) < 4.78 is 8.39. The van der Waals surface area contributed by atoms with Crippen molar-refractivity contribution in [2.24, 2.45) is 0 Å². The molecule has 0 heterocycles. The van der Waals surface area contributed by atoms with E-state index in [1.807, 2.05) is 0 Å². The van der Waals surface area contributed by atoms with Gasteiger partial charge >= 0.3 is 79.9 Å². The second-order valence-corrected chi connectivity index (χ2v) is 0. The maximum absolute atomic E-state index is 8.39. The maximum atomic E-state index is 8.39. The van der Waals surface area contributed by atoms with Gasteiger partial charge in [-0.3, -0.25) is 0 Å². The molecule has 0 rings (SSSR count). The van der Waals surface area contributed by atoms with Crippen LogP contribution in [0.25, 0.3) is 0 Å². The Labute approximate surface area is 78.5 Å². The molecule has 0 N–H and O–H groups in total. The van der Waals surface area contributed by atoms with Gasteiger partial charge in [0.05, 0.1) is 0 Å². The van der Waals surface area contributed by atoms with Gasteiger partial charge < -0.3 is 0 Å². The summed E-state index contributed by atoms with van der Waals surface area (Å²) in [5.74, 6) is 0. The topological polar surface area (TPSA) is 17.1 Å². The van der Waals surface area contributed by atoms with Crippen LogP contribution >= 0.6 is 0 Å². The standard InChI is InChI=1S/3Bi.O.7H. The fraction of sp³-hybridized carbons (Fsp3) is 0. The molecule has 0 radical (unpaired) electrons. The molecule has 1 nitrogen and oxygen atoms in total. The van der Waals surface area contributed by atoms with Gasteiger partial charge in [0.2, 0.25) is 0 Å². The summed E-state index contributed by atoms with van der Waals surface area (Å²) in [6.45, 7) is 0. The molecule has 0 aromatic rings. The summed E-state index contributed by atoms with van der Waals surface area (Å²) in [5.41, 5.74) is 0. The summed E-state index contributed by atoms with van der Waals surface area (Å²) in [7, 11) is 0. The minimum absolute atomic E-state index is 0. The average molecular weight is 650 g/mol. The quantitative estimate of drug-likeness (QED) is 0.254. The fourth-order valence-electron chi connectivity index (χ4n) is 0. The van der Waals surface area contributed by atoms with Gasteiger partial charge in [0, 0.05) is 0 Å². The van der Waals surface area contributed by atoms with E-state index >= 15 is 0 Å². The first kappa shape index (κ1) is 16.1. The van der Waals surface area contributed by atoms with Crippen LogP contribution in [0, 0.1) is 0 Å². The number of hydrogen-bond acceptors (Lipinski definition) is 1. The van der Waals surface area contributed by atoms with Crippen molar-refractivity contribution >= 4 is 77.1 Å². The van der Waals surface area contributed by atoms with Gasteiger partial charge in [-0.15, -0.1) is 0 Å². The molecule has 0 aliphatic carbocycles. The Bertz CT molecular complexity index is 3.25. The summed E-state index contributed by atoms with van der Waals surface area (Å²) in [6.07, 6.45) is 0. The van der Waals surface area contributed by atoms with Crippen LogP contribution in [0.2, 0.25) is 0 Å². The van der Waals surface area contributed by atoms with E-state index in [-0.39, 0.29) is 77.1 Å². The molecular weight excluding hydrogens is 643 g/mol. The van der Waals surface area contributed by atoms with Crippen LogP contribution in [0.15, 0.2) is 0 Å². The Kier molecular flexibility index (Phi) is 72.4. The van der Waals surface area contributed by atoms with E-state index in [9.17, 15) is 0 Å². The van der Waals surface area contributed by atoms with Gasteiger partial charge in [-0.2, -0.15) is 0 Å². The van der Waals surface area contributed by atoms with Gasteiger partial charge in [0.1, 0.15) is 0 Å². The number of hydrogen-bond donors (Lipinski definition) is 0. The zero-order valence-electron chi connectivity index (χ0n) is 2.32. The molecule has 0 aliphatic rings. The average Bonchev–Trinajstić information content (AvgIpc) is 1.00. The summed E-state index contributed by atoms with van der Waals surface area (Å²) in [4.78, 5) is 0. The van der Waals surface area contributed by atoms with Crippen molar-refractivity contribution < 1.29 is 2.81 Å². The van der Waals surface area contributed by atoms with Crippen LogP contribution < -0.4 is 0 Å². The zero-order chi connectivity index (χ0) is 2.00. The molecule has 0 spiro atoms. The number of rotatable bonds is 0. The molecule has 4 heteroatoms. The molecule has 0 fully saturated rings. The van der Waals surface area contributed by atoms with E-state index in [0.717, 1.165) is 0 Å². The summed E-state index contributed by atoms with van der Waals surface area (Å²) >= 11 is 0.0556. The van der Waals surface area contributed by atoms with Crippen molar-refractivity contribution in [3.05, 3.63) is 0 Å². The molecule has 0 aliphatic heterocycles. The zero-order valence-corrected chi connectivity index (χ0v) is 17.2. The van der Waals surface area contributed by atoms with Gasteiger partial charge in [-0.1, -0.05) is 0 Å². The predicted molar refractivity (Wildman–Crippen MR) is 27.7 cm³/mol. The first-order chi connectivity index (χ1) is 1.00. The predicted octanol–water partition coefficient (Wildman–Crippen LogP) is -3.14.